The first-order valence-electron chi connectivity index (χ1n) is 9.47. The molecule has 0 unspecified atom stereocenters. The smallest absolute Gasteiger partial charge is 0.264 e. The summed E-state index contributed by atoms with van der Waals surface area (Å²) in [7, 11) is -3.70. The minimum Gasteiger partial charge on any atom is -0.350 e. The van der Waals surface area contributed by atoms with E-state index in [1.807, 2.05) is 13.8 Å². The number of hydrogen-bond donors (Lipinski definition) is 1. The minimum atomic E-state index is -3.70. The van der Waals surface area contributed by atoms with E-state index in [1.54, 1.807) is 30.3 Å². The maximum atomic E-state index is 13.2. The summed E-state index contributed by atoms with van der Waals surface area (Å²) in [5.74, 6) is -0.129. The van der Waals surface area contributed by atoms with Crippen molar-refractivity contribution < 1.29 is 13.2 Å². The highest BCUT2D eigenvalue weighted by Gasteiger charge is 2.36. The largest absolute Gasteiger partial charge is 0.350 e. The Bertz CT molecular complexity index is 974. The number of hydrogen-bond acceptors (Lipinski definition) is 3. The van der Waals surface area contributed by atoms with Gasteiger partial charge < -0.3 is 5.32 Å². The third-order valence-corrected chi connectivity index (χ3v) is 7.16. The van der Waals surface area contributed by atoms with E-state index in [9.17, 15) is 13.2 Å². The molecule has 0 radical (unpaired) electrons. The van der Waals surface area contributed by atoms with Crippen LogP contribution in [-0.2, 0) is 16.4 Å². The van der Waals surface area contributed by atoms with Crippen molar-refractivity contribution in [1.29, 1.82) is 0 Å². The Labute approximate surface area is 171 Å². The third-order valence-electron chi connectivity index (χ3n) is 4.96. The van der Waals surface area contributed by atoms with Gasteiger partial charge in [-0.1, -0.05) is 24.9 Å². The Balaban J connectivity index is 1.90. The van der Waals surface area contributed by atoms with E-state index in [2.05, 4.69) is 12.2 Å². The first-order valence-corrected chi connectivity index (χ1v) is 11.3. The van der Waals surface area contributed by atoms with Gasteiger partial charge in [-0.3, -0.25) is 9.10 Å². The van der Waals surface area contributed by atoms with E-state index in [1.165, 1.54) is 16.4 Å². The Morgan fingerprint density at radius 2 is 1.93 bits per heavy atom. The first-order chi connectivity index (χ1) is 13.2. The molecule has 1 aliphatic heterocycles. The average Bonchev–Trinajstić information content (AvgIpc) is 2.97. The van der Waals surface area contributed by atoms with Crippen LogP contribution in [0.1, 0.15) is 49.5 Å². The lowest BCUT2D eigenvalue weighted by molar-refractivity contribution is 0.0938. The van der Waals surface area contributed by atoms with Crippen molar-refractivity contribution in [2.24, 2.45) is 0 Å². The van der Waals surface area contributed by atoms with Gasteiger partial charge in [0.1, 0.15) is 0 Å². The second-order valence-corrected chi connectivity index (χ2v) is 9.57. The molecule has 2 atom stereocenters. The Morgan fingerprint density at radius 1 is 1.25 bits per heavy atom. The quantitative estimate of drug-likeness (QED) is 0.753. The summed E-state index contributed by atoms with van der Waals surface area (Å²) in [6.45, 7) is 5.93. The summed E-state index contributed by atoms with van der Waals surface area (Å²) in [6.07, 6.45) is 2.48. The highest BCUT2D eigenvalue weighted by atomic mass is 35.5. The van der Waals surface area contributed by atoms with Crippen molar-refractivity contribution in [1.82, 2.24) is 5.32 Å². The van der Waals surface area contributed by atoms with Crippen LogP contribution in [0, 0.1) is 0 Å². The van der Waals surface area contributed by atoms with E-state index in [-0.39, 0.29) is 22.9 Å². The lowest BCUT2D eigenvalue weighted by atomic mass is 10.1. The van der Waals surface area contributed by atoms with Crippen LogP contribution in [0.15, 0.2) is 47.4 Å². The van der Waals surface area contributed by atoms with Gasteiger partial charge >= 0.3 is 0 Å². The van der Waals surface area contributed by atoms with Gasteiger partial charge in [0.15, 0.2) is 0 Å². The van der Waals surface area contributed by atoms with E-state index in [0.717, 1.165) is 18.4 Å². The summed E-state index contributed by atoms with van der Waals surface area (Å²) in [4.78, 5) is 12.7. The standard InChI is InChI=1S/C21H25ClN2O3S/c1-4-5-14(2)23-21(25)16-6-11-20-17(13-16)12-15(3)24(20)28(26,27)19-9-7-18(22)8-10-19/h6-11,13-15H,4-5,12H2,1-3H3,(H,23,25)/t14-,15-/m0/s1. The van der Waals surface area contributed by atoms with Gasteiger partial charge in [0, 0.05) is 22.7 Å². The van der Waals surface area contributed by atoms with Gasteiger partial charge in [-0.25, -0.2) is 8.42 Å². The predicted molar refractivity (Wildman–Crippen MR) is 113 cm³/mol. The number of rotatable bonds is 6. The highest BCUT2D eigenvalue weighted by molar-refractivity contribution is 7.92. The summed E-state index contributed by atoms with van der Waals surface area (Å²) in [5, 5.41) is 3.48. The van der Waals surface area contributed by atoms with Crippen LogP contribution < -0.4 is 9.62 Å². The van der Waals surface area contributed by atoms with Crippen LogP contribution in [-0.4, -0.2) is 26.4 Å². The third kappa shape index (κ3) is 4.03. The molecular weight excluding hydrogens is 396 g/mol. The molecule has 0 saturated heterocycles. The summed E-state index contributed by atoms with van der Waals surface area (Å²) >= 11 is 5.89. The summed E-state index contributed by atoms with van der Waals surface area (Å²) in [6, 6.07) is 11.3. The normalized spacial score (nSPS) is 17.3. The molecule has 0 bridgehead atoms. The topological polar surface area (TPSA) is 66.5 Å². The van der Waals surface area contributed by atoms with Crippen molar-refractivity contribution in [3.05, 3.63) is 58.6 Å². The monoisotopic (exact) mass is 420 g/mol. The number of nitrogens with zero attached hydrogens (tertiary/aromatic N) is 1. The Hall–Kier alpha value is -2.05. The number of fused-ring (bicyclic) bond motifs is 1. The fraction of sp³-hybridized carbons (Fsp3) is 0.381. The van der Waals surface area contributed by atoms with E-state index in [4.69, 9.17) is 11.6 Å². The lowest BCUT2D eigenvalue weighted by Crippen LogP contribution is -2.35. The highest BCUT2D eigenvalue weighted by Crippen LogP contribution is 2.37. The van der Waals surface area contributed by atoms with Gasteiger partial charge in [0.2, 0.25) is 0 Å². The molecule has 7 heteroatoms. The van der Waals surface area contributed by atoms with Gasteiger partial charge in [0.25, 0.3) is 15.9 Å². The van der Waals surface area contributed by atoms with Gasteiger partial charge in [0.05, 0.1) is 10.6 Å². The van der Waals surface area contributed by atoms with Crippen LogP contribution in [0.4, 0.5) is 5.69 Å². The van der Waals surface area contributed by atoms with Crippen LogP contribution in [0.5, 0.6) is 0 Å². The number of nitrogens with one attached hydrogen (secondary N) is 1. The molecule has 2 aromatic carbocycles. The molecule has 1 N–H and O–H groups in total. The van der Waals surface area contributed by atoms with Gasteiger partial charge in [-0.05, 0) is 74.7 Å². The average molecular weight is 421 g/mol. The number of sulfonamides is 1. The van der Waals surface area contributed by atoms with E-state index < -0.39 is 10.0 Å². The molecule has 0 spiro atoms. The SMILES string of the molecule is CCC[C@H](C)NC(=O)c1ccc2c(c1)C[C@H](C)N2S(=O)(=O)c1ccc(Cl)cc1. The van der Waals surface area contributed by atoms with Crippen LogP contribution >= 0.6 is 11.6 Å². The number of carbonyl (C=O) groups excluding carboxylic acids is 1. The number of benzene rings is 2. The molecule has 5 nitrogen and oxygen atoms in total. The van der Waals surface area contributed by atoms with Crippen LogP contribution in [0.3, 0.4) is 0 Å². The van der Waals surface area contributed by atoms with Crippen molar-refractivity contribution in [2.75, 3.05) is 4.31 Å². The number of amides is 1. The Morgan fingerprint density at radius 3 is 2.57 bits per heavy atom. The molecule has 150 valence electrons. The maximum absolute atomic E-state index is 13.2. The second-order valence-electron chi connectivity index (χ2n) is 7.31. The molecule has 3 rings (SSSR count). The number of halogens is 1. The molecule has 28 heavy (non-hydrogen) atoms. The maximum Gasteiger partial charge on any atom is 0.264 e. The minimum absolute atomic E-state index is 0.103. The lowest BCUT2D eigenvalue weighted by Gasteiger charge is -2.24. The number of carbonyl (C=O) groups is 1. The van der Waals surface area contributed by atoms with Crippen molar-refractivity contribution in [3.8, 4) is 0 Å². The predicted octanol–water partition coefficient (Wildman–Crippen LogP) is 4.40. The molecule has 2 aromatic rings. The molecular formula is C21H25ClN2O3S. The van der Waals surface area contributed by atoms with Gasteiger partial charge in [-0.2, -0.15) is 0 Å². The van der Waals surface area contributed by atoms with Gasteiger partial charge in [-0.15, -0.1) is 0 Å². The molecule has 0 aliphatic carbocycles. The van der Waals surface area contributed by atoms with E-state index in [0.29, 0.717) is 22.7 Å². The van der Waals surface area contributed by atoms with Crippen molar-refractivity contribution in [3.63, 3.8) is 0 Å². The molecule has 1 aliphatic rings. The zero-order valence-electron chi connectivity index (χ0n) is 16.3. The van der Waals surface area contributed by atoms with Crippen molar-refractivity contribution in [2.45, 2.75) is 57.0 Å². The van der Waals surface area contributed by atoms with E-state index >= 15 is 0 Å². The fourth-order valence-electron chi connectivity index (χ4n) is 3.64. The molecule has 0 fully saturated rings. The molecule has 1 heterocycles. The fourth-order valence-corrected chi connectivity index (χ4v) is 5.46. The van der Waals surface area contributed by atoms with Crippen LogP contribution in [0.25, 0.3) is 0 Å². The Kier molecular flexibility index (Phi) is 6.01. The first kappa shape index (κ1) is 20.7. The van der Waals surface area contributed by atoms with Crippen molar-refractivity contribution >= 4 is 33.2 Å². The molecule has 0 aromatic heterocycles. The second kappa shape index (κ2) is 8.13. The summed E-state index contributed by atoms with van der Waals surface area (Å²) < 4.78 is 27.8. The zero-order chi connectivity index (χ0) is 20.5. The molecule has 0 saturated carbocycles. The van der Waals surface area contributed by atoms with Crippen LogP contribution in [0.2, 0.25) is 5.02 Å². The summed E-state index contributed by atoms with van der Waals surface area (Å²) in [5.41, 5.74) is 2.04. The molecule has 1 amide bonds. The number of anilines is 1. The zero-order valence-corrected chi connectivity index (χ0v) is 17.8.